The van der Waals surface area contributed by atoms with Crippen LogP contribution in [0, 0.1) is 5.92 Å². The molecular formula is C25H21BrN2O4. The molecular weight excluding hydrogens is 472 g/mol. The maximum Gasteiger partial charge on any atom is 0.262 e. The topological polar surface area (TPSA) is 59.1 Å². The molecule has 3 aromatic carbocycles. The van der Waals surface area contributed by atoms with E-state index in [0.29, 0.717) is 5.75 Å². The molecule has 162 valence electrons. The normalized spacial score (nSPS) is 22.4. The molecule has 2 saturated heterocycles. The van der Waals surface area contributed by atoms with Crippen LogP contribution in [0.3, 0.4) is 0 Å². The Bertz CT molecular complexity index is 1160. The largest absolute Gasteiger partial charge is 0.496 e. The summed E-state index contributed by atoms with van der Waals surface area (Å²) in [7, 11) is 1.60. The molecule has 0 spiro atoms. The summed E-state index contributed by atoms with van der Waals surface area (Å²) in [6, 6.07) is 24.3. The maximum absolute atomic E-state index is 13.5. The van der Waals surface area contributed by atoms with Crippen molar-refractivity contribution in [3.05, 3.63) is 94.5 Å². The molecule has 2 fully saturated rings. The van der Waals surface area contributed by atoms with Crippen LogP contribution >= 0.6 is 15.9 Å². The van der Waals surface area contributed by atoms with Crippen LogP contribution in [-0.2, 0) is 21.0 Å². The number of ether oxygens (including phenoxy) is 1. The van der Waals surface area contributed by atoms with E-state index in [-0.39, 0.29) is 18.4 Å². The van der Waals surface area contributed by atoms with E-state index in [4.69, 9.17) is 9.57 Å². The number of carbonyl (C=O) groups is 2. The van der Waals surface area contributed by atoms with Crippen LogP contribution < -0.4 is 9.80 Å². The first kappa shape index (κ1) is 20.7. The summed E-state index contributed by atoms with van der Waals surface area (Å²) in [5, 5.41) is 1.69. The summed E-state index contributed by atoms with van der Waals surface area (Å²) >= 11 is 3.54. The lowest BCUT2D eigenvalue weighted by atomic mass is 9.90. The molecule has 2 heterocycles. The third-order valence-electron chi connectivity index (χ3n) is 5.92. The van der Waals surface area contributed by atoms with Crippen LogP contribution in [0.4, 0.5) is 5.69 Å². The number of amides is 2. The van der Waals surface area contributed by atoms with Crippen molar-refractivity contribution in [3.63, 3.8) is 0 Å². The Morgan fingerprint density at radius 2 is 1.62 bits per heavy atom. The number of hydrogen-bond donors (Lipinski definition) is 0. The van der Waals surface area contributed by atoms with E-state index in [1.54, 1.807) is 12.2 Å². The third kappa shape index (κ3) is 3.47. The van der Waals surface area contributed by atoms with Crippen molar-refractivity contribution in [2.24, 2.45) is 5.92 Å². The number of fused-ring (bicyclic) bond motifs is 1. The highest BCUT2D eigenvalue weighted by atomic mass is 79.9. The average Bonchev–Trinajstić information content (AvgIpc) is 3.32. The lowest BCUT2D eigenvalue weighted by molar-refractivity contribution is -0.143. The summed E-state index contributed by atoms with van der Waals surface area (Å²) in [5.41, 5.74) is 2.55. The molecule has 5 rings (SSSR count). The fourth-order valence-electron chi connectivity index (χ4n) is 4.40. The molecule has 7 heteroatoms. The van der Waals surface area contributed by atoms with Gasteiger partial charge in [-0.1, -0.05) is 54.6 Å². The van der Waals surface area contributed by atoms with Crippen molar-refractivity contribution in [1.82, 2.24) is 4.90 Å². The Hall–Kier alpha value is -3.16. The number of anilines is 1. The van der Waals surface area contributed by atoms with Crippen molar-refractivity contribution in [1.29, 1.82) is 0 Å². The van der Waals surface area contributed by atoms with Crippen LogP contribution in [0.5, 0.6) is 5.75 Å². The van der Waals surface area contributed by atoms with Gasteiger partial charge in [-0.2, -0.15) is 0 Å². The van der Waals surface area contributed by atoms with E-state index < -0.39 is 18.1 Å². The number of hydroxylamine groups is 1. The predicted molar refractivity (Wildman–Crippen MR) is 123 cm³/mol. The van der Waals surface area contributed by atoms with Crippen LogP contribution in [0.15, 0.2) is 83.3 Å². The van der Waals surface area contributed by atoms with Crippen molar-refractivity contribution in [2.45, 2.75) is 18.7 Å². The number of nitrogens with zero attached hydrogens (tertiary/aromatic N) is 2. The first-order valence-corrected chi connectivity index (χ1v) is 11.1. The fraction of sp³-hybridized carbons (Fsp3) is 0.200. The molecule has 0 aliphatic carbocycles. The van der Waals surface area contributed by atoms with E-state index in [0.717, 1.165) is 21.3 Å². The Morgan fingerprint density at radius 1 is 0.938 bits per heavy atom. The summed E-state index contributed by atoms with van der Waals surface area (Å²) < 4.78 is 6.13. The highest BCUT2D eigenvalue weighted by molar-refractivity contribution is 9.10. The van der Waals surface area contributed by atoms with E-state index >= 15 is 0 Å². The first-order chi connectivity index (χ1) is 15.6. The minimum absolute atomic E-state index is 0.223. The van der Waals surface area contributed by atoms with Gasteiger partial charge in [0.1, 0.15) is 11.7 Å². The minimum Gasteiger partial charge on any atom is -0.496 e. The predicted octanol–water partition coefficient (Wildman–Crippen LogP) is 4.50. The summed E-state index contributed by atoms with van der Waals surface area (Å²) in [4.78, 5) is 34.3. The molecule has 2 aliphatic heterocycles. The van der Waals surface area contributed by atoms with Crippen molar-refractivity contribution < 1.29 is 19.2 Å². The number of carbonyl (C=O) groups excluding carboxylic acids is 2. The lowest BCUT2D eigenvalue weighted by Gasteiger charge is -2.29. The smallest absolute Gasteiger partial charge is 0.262 e. The van der Waals surface area contributed by atoms with Gasteiger partial charge in [0.05, 0.1) is 29.9 Å². The number of benzene rings is 3. The van der Waals surface area contributed by atoms with Gasteiger partial charge < -0.3 is 4.74 Å². The minimum atomic E-state index is -0.864. The summed E-state index contributed by atoms with van der Waals surface area (Å²) in [5.74, 6) is -0.485. The Kier molecular flexibility index (Phi) is 5.45. The molecule has 0 N–H and O–H groups in total. The first-order valence-electron chi connectivity index (χ1n) is 10.3. The monoisotopic (exact) mass is 492 g/mol. The molecule has 6 nitrogen and oxygen atoms in total. The molecule has 2 amide bonds. The molecule has 0 saturated carbocycles. The molecule has 0 unspecified atom stereocenters. The number of imide groups is 1. The highest BCUT2D eigenvalue weighted by Crippen LogP contribution is 2.47. The molecule has 0 radical (unpaired) electrons. The number of likely N-dealkylation sites (tertiary alicyclic amines) is 1. The second-order valence-corrected chi connectivity index (χ2v) is 8.65. The van der Waals surface area contributed by atoms with E-state index in [1.807, 2.05) is 78.9 Å². The van der Waals surface area contributed by atoms with Gasteiger partial charge in [-0.3, -0.25) is 19.3 Å². The molecule has 3 aromatic rings. The standard InChI is InChI=1S/C25H21BrN2O4/c1-31-20-13-12-17(14-19(20)26)22-21-23(32-28(22)18-10-6-3-7-11-18)25(30)27(24(21)29)15-16-8-4-2-5-9-16/h2-14,21-23H,15H2,1H3/t21-,22+,23+/m1/s1. The van der Waals surface area contributed by atoms with E-state index in [9.17, 15) is 9.59 Å². The molecule has 2 aliphatic rings. The number of rotatable bonds is 5. The van der Waals surface area contributed by atoms with Crippen molar-refractivity contribution >= 4 is 33.4 Å². The zero-order valence-corrected chi connectivity index (χ0v) is 18.9. The van der Waals surface area contributed by atoms with Gasteiger partial charge in [-0.25, -0.2) is 5.06 Å². The molecule has 3 atom stereocenters. The number of hydrogen-bond acceptors (Lipinski definition) is 5. The molecule has 0 aromatic heterocycles. The highest BCUT2D eigenvalue weighted by Gasteiger charge is 2.59. The SMILES string of the molecule is COc1ccc([C@H]2[C@H]3C(=O)N(Cc4ccccc4)C(=O)[C@H]3ON2c2ccccc2)cc1Br. The number of halogens is 1. The maximum atomic E-state index is 13.5. The van der Waals surface area contributed by atoms with Crippen LogP contribution in [0.2, 0.25) is 0 Å². The van der Waals surface area contributed by atoms with Crippen LogP contribution in [0.1, 0.15) is 17.2 Å². The number of para-hydroxylation sites is 1. The molecule has 0 bridgehead atoms. The second kappa shape index (κ2) is 8.41. The zero-order chi connectivity index (χ0) is 22.2. The Labute approximate surface area is 194 Å². The van der Waals surface area contributed by atoms with Gasteiger partial charge in [0, 0.05) is 0 Å². The Morgan fingerprint density at radius 3 is 2.28 bits per heavy atom. The van der Waals surface area contributed by atoms with Crippen molar-refractivity contribution in [2.75, 3.05) is 12.2 Å². The summed E-state index contributed by atoms with van der Waals surface area (Å²) in [6.45, 7) is 0.235. The van der Waals surface area contributed by atoms with E-state index in [2.05, 4.69) is 15.9 Å². The van der Waals surface area contributed by atoms with Gasteiger partial charge in [0.2, 0.25) is 5.91 Å². The lowest BCUT2D eigenvalue weighted by Crippen LogP contribution is -2.36. The fourth-order valence-corrected chi connectivity index (χ4v) is 4.96. The van der Waals surface area contributed by atoms with Gasteiger partial charge in [-0.15, -0.1) is 0 Å². The number of methoxy groups -OCH3 is 1. The quantitative estimate of drug-likeness (QED) is 0.490. The average molecular weight is 493 g/mol. The molecule has 32 heavy (non-hydrogen) atoms. The van der Waals surface area contributed by atoms with Crippen molar-refractivity contribution in [3.8, 4) is 5.75 Å². The van der Waals surface area contributed by atoms with Crippen LogP contribution in [0.25, 0.3) is 0 Å². The summed E-state index contributed by atoms with van der Waals surface area (Å²) in [6.07, 6.45) is -0.864. The van der Waals surface area contributed by atoms with Crippen LogP contribution in [-0.4, -0.2) is 29.9 Å². The second-order valence-electron chi connectivity index (χ2n) is 7.80. The Balaban J connectivity index is 1.54. The third-order valence-corrected chi connectivity index (χ3v) is 6.54. The van der Waals surface area contributed by atoms with E-state index in [1.165, 1.54) is 4.90 Å². The van der Waals surface area contributed by atoms with Gasteiger partial charge in [0.25, 0.3) is 5.91 Å². The van der Waals surface area contributed by atoms with Gasteiger partial charge in [-0.05, 0) is 51.3 Å². The zero-order valence-electron chi connectivity index (χ0n) is 17.4. The van der Waals surface area contributed by atoms with Gasteiger partial charge in [0.15, 0.2) is 6.10 Å². The van der Waals surface area contributed by atoms with Gasteiger partial charge >= 0.3 is 0 Å².